The number of oxazole rings is 1. The standard InChI is InChI=1S/C24H20Cl2F2N2O7/c25-16-7-29-8-17(26)15(16)6-20(36-22(31)11-35-23(32)18-10-33-12-30-18)14-3-4-19(37-24(27)28)21(5-14)34-9-13-1-2-13/h3-5,7-8,10,12-13,20,24H,1-2,6,9,11H2/t20-/m0/s1. The van der Waals surface area contributed by atoms with E-state index >= 15 is 0 Å². The van der Waals surface area contributed by atoms with Gasteiger partial charge in [0.2, 0.25) is 0 Å². The van der Waals surface area contributed by atoms with E-state index in [2.05, 4.69) is 14.7 Å². The highest BCUT2D eigenvalue weighted by molar-refractivity contribution is 6.35. The lowest BCUT2D eigenvalue weighted by molar-refractivity contribution is -0.153. The third-order valence-corrected chi connectivity index (χ3v) is 5.96. The van der Waals surface area contributed by atoms with Crippen LogP contribution in [0.5, 0.6) is 11.5 Å². The highest BCUT2D eigenvalue weighted by atomic mass is 35.5. The van der Waals surface area contributed by atoms with Crippen molar-refractivity contribution in [2.45, 2.75) is 32.0 Å². The van der Waals surface area contributed by atoms with E-state index in [4.69, 9.17) is 41.8 Å². The molecule has 0 saturated heterocycles. The largest absolute Gasteiger partial charge is 0.489 e. The molecule has 0 amide bonds. The summed E-state index contributed by atoms with van der Waals surface area (Å²) >= 11 is 12.5. The smallest absolute Gasteiger partial charge is 0.387 e. The zero-order valence-corrected chi connectivity index (χ0v) is 20.6. The molecule has 2 heterocycles. The van der Waals surface area contributed by atoms with Crippen LogP contribution < -0.4 is 9.47 Å². The minimum atomic E-state index is -3.06. The van der Waals surface area contributed by atoms with Crippen LogP contribution in [-0.4, -0.2) is 41.7 Å². The molecule has 3 aromatic rings. The monoisotopic (exact) mass is 556 g/mol. The van der Waals surface area contributed by atoms with Gasteiger partial charge < -0.3 is 23.4 Å². The fraction of sp³-hybridized carbons (Fsp3) is 0.333. The Morgan fingerprint density at radius 2 is 1.89 bits per heavy atom. The quantitative estimate of drug-likeness (QED) is 0.269. The first kappa shape index (κ1) is 26.6. The van der Waals surface area contributed by atoms with E-state index in [1.54, 1.807) is 0 Å². The molecule has 0 unspecified atom stereocenters. The number of rotatable bonds is 12. The van der Waals surface area contributed by atoms with Crippen molar-refractivity contribution >= 4 is 35.1 Å². The summed E-state index contributed by atoms with van der Waals surface area (Å²) in [6.45, 7) is -3.46. The molecule has 0 aliphatic heterocycles. The predicted molar refractivity (Wildman–Crippen MR) is 125 cm³/mol. The first-order chi connectivity index (χ1) is 17.8. The van der Waals surface area contributed by atoms with E-state index < -0.39 is 31.3 Å². The SMILES string of the molecule is O=C(COC(=O)c1cocn1)O[C@@H](Cc1c(Cl)cncc1Cl)c1ccc(OC(F)F)c(OCC2CC2)c1. The molecule has 9 nitrogen and oxygen atoms in total. The molecule has 0 bridgehead atoms. The number of hydrogen-bond donors (Lipinski definition) is 0. The summed E-state index contributed by atoms with van der Waals surface area (Å²) in [4.78, 5) is 32.1. The lowest BCUT2D eigenvalue weighted by Crippen LogP contribution is -2.21. The third kappa shape index (κ3) is 7.53. The Kier molecular flexibility index (Phi) is 8.78. The molecule has 1 atom stereocenters. The molecular weight excluding hydrogens is 537 g/mol. The van der Waals surface area contributed by atoms with Crippen LogP contribution in [0.4, 0.5) is 8.78 Å². The van der Waals surface area contributed by atoms with Crippen LogP contribution in [0.3, 0.4) is 0 Å². The van der Waals surface area contributed by atoms with E-state index in [1.165, 1.54) is 30.6 Å². The summed E-state index contributed by atoms with van der Waals surface area (Å²) in [5.41, 5.74) is 0.698. The summed E-state index contributed by atoms with van der Waals surface area (Å²) in [6, 6.07) is 4.19. The molecule has 1 aromatic carbocycles. The molecule has 196 valence electrons. The molecule has 1 aliphatic rings. The van der Waals surface area contributed by atoms with E-state index in [0.29, 0.717) is 23.7 Å². The van der Waals surface area contributed by atoms with Crippen molar-refractivity contribution in [3.05, 3.63) is 70.1 Å². The zero-order chi connectivity index (χ0) is 26.4. The number of nitrogens with zero attached hydrogens (tertiary/aromatic N) is 2. The molecule has 0 N–H and O–H groups in total. The number of alkyl halides is 2. The van der Waals surface area contributed by atoms with Crippen LogP contribution in [0.1, 0.15) is 40.6 Å². The van der Waals surface area contributed by atoms with Crippen molar-refractivity contribution in [2.75, 3.05) is 13.2 Å². The highest BCUT2D eigenvalue weighted by Gasteiger charge is 2.26. The van der Waals surface area contributed by atoms with Crippen LogP contribution in [-0.2, 0) is 20.7 Å². The Morgan fingerprint density at radius 1 is 1.14 bits per heavy atom. The van der Waals surface area contributed by atoms with Crippen molar-refractivity contribution in [1.29, 1.82) is 0 Å². The van der Waals surface area contributed by atoms with Crippen molar-refractivity contribution < 1.29 is 41.7 Å². The van der Waals surface area contributed by atoms with Gasteiger partial charge in [-0.15, -0.1) is 0 Å². The lowest BCUT2D eigenvalue weighted by Gasteiger charge is -2.21. The molecule has 37 heavy (non-hydrogen) atoms. The van der Waals surface area contributed by atoms with Crippen molar-refractivity contribution in [1.82, 2.24) is 9.97 Å². The summed E-state index contributed by atoms with van der Waals surface area (Å²) in [6.07, 6.45) is 5.82. The molecular formula is C24H20Cl2F2N2O7. The topological polar surface area (TPSA) is 110 Å². The van der Waals surface area contributed by atoms with E-state index in [1.807, 2.05) is 0 Å². The van der Waals surface area contributed by atoms with Crippen molar-refractivity contribution in [3.63, 3.8) is 0 Å². The Labute approximate surface area is 219 Å². The number of benzene rings is 1. The maximum Gasteiger partial charge on any atom is 0.387 e. The van der Waals surface area contributed by atoms with E-state index in [-0.39, 0.29) is 33.7 Å². The average Bonchev–Trinajstić information content (AvgIpc) is 3.53. The second kappa shape index (κ2) is 12.2. The summed E-state index contributed by atoms with van der Waals surface area (Å²) in [5, 5.41) is 0.461. The van der Waals surface area contributed by atoms with E-state index in [0.717, 1.165) is 25.5 Å². The number of halogens is 4. The number of hydrogen-bond acceptors (Lipinski definition) is 9. The fourth-order valence-electron chi connectivity index (χ4n) is 3.27. The van der Waals surface area contributed by atoms with E-state index in [9.17, 15) is 18.4 Å². The van der Waals surface area contributed by atoms with Gasteiger partial charge in [-0.1, -0.05) is 29.3 Å². The van der Waals surface area contributed by atoms with Gasteiger partial charge in [-0.2, -0.15) is 8.78 Å². The maximum atomic E-state index is 12.9. The predicted octanol–water partition coefficient (Wildman–Crippen LogP) is 5.45. The Morgan fingerprint density at radius 3 is 2.54 bits per heavy atom. The van der Waals surface area contributed by atoms with Crippen LogP contribution >= 0.6 is 23.2 Å². The molecule has 0 spiro atoms. The number of esters is 2. The highest BCUT2D eigenvalue weighted by Crippen LogP contribution is 2.37. The van der Waals surface area contributed by atoms with Gasteiger partial charge in [0.1, 0.15) is 12.4 Å². The van der Waals surface area contributed by atoms with Crippen LogP contribution in [0.25, 0.3) is 0 Å². The van der Waals surface area contributed by atoms with Crippen LogP contribution in [0.15, 0.2) is 47.7 Å². The summed E-state index contributed by atoms with van der Waals surface area (Å²) in [5.74, 6) is -1.53. The second-order valence-electron chi connectivity index (χ2n) is 8.05. The number of ether oxygens (including phenoxy) is 4. The molecule has 1 aliphatic carbocycles. The number of carbonyl (C=O) groups excluding carboxylic acids is 2. The average molecular weight is 557 g/mol. The van der Waals surface area contributed by atoms with Gasteiger partial charge in [0.15, 0.2) is 30.2 Å². The number of carbonyl (C=O) groups is 2. The first-order valence-corrected chi connectivity index (χ1v) is 11.8. The minimum absolute atomic E-state index is 0.000273. The molecule has 13 heteroatoms. The zero-order valence-electron chi connectivity index (χ0n) is 19.1. The molecule has 2 aromatic heterocycles. The van der Waals surface area contributed by atoms with Crippen LogP contribution in [0.2, 0.25) is 10.0 Å². The lowest BCUT2D eigenvalue weighted by atomic mass is 10.0. The molecule has 4 rings (SSSR count). The number of aromatic nitrogens is 2. The van der Waals surface area contributed by atoms with Crippen molar-refractivity contribution in [3.8, 4) is 11.5 Å². The van der Waals surface area contributed by atoms with Crippen LogP contribution in [0, 0.1) is 5.92 Å². The van der Waals surface area contributed by atoms with Gasteiger partial charge in [-0.05, 0) is 42.0 Å². The Hall–Kier alpha value is -3.44. The third-order valence-electron chi connectivity index (χ3n) is 5.31. The van der Waals surface area contributed by atoms with Gasteiger partial charge >= 0.3 is 18.6 Å². The Balaban J connectivity index is 1.56. The van der Waals surface area contributed by atoms with Crippen molar-refractivity contribution in [2.24, 2.45) is 5.92 Å². The molecule has 1 saturated carbocycles. The fourth-order valence-corrected chi connectivity index (χ4v) is 3.79. The van der Waals surface area contributed by atoms with Gasteiger partial charge in [-0.3, -0.25) is 4.98 Å². The summed E-state index contributed by atoms with van der Waals surface area (Å²) < 4.78 is 51.4. The number of pyridine rings is 1. The summed E-state index contributed by atoms with van der Waals surface area (Å²) in [7, 11) is 0. The first-order valence-electron chi connectivity index (χ1n) is 11.0. The van der Waals surface area contributed by atoms with Gasteiger partial charge in [0.05, 0.1) is 16.7 Å². The van der Waals surface area contributed by atoms with Gasteiger partial charge in [-0.25, -0.2) is 14.6 Å². The molecule has 1 fully saturated rings. The van der Waals surface area contributed by atoms with Gasteiger partial charge in [0.25, 0.3) is 0 Å². The Bertz CT molecular complexity index is 1220. The minimum Gasteiger partial charge on any atom is -0.489 e. The maximum absolute atomic E-state index is 12.9. The second-order valence-corrected chi connectivity index (χ2v) is 8.87. The van der Waals surface area contributed by atoms with Gasteiger partial charge in [0, 0.05) is 18.8 Å². The molecule has 0 radical (unpaired) electrons. The normalized spacial score (nSPS) is 13.8.